The molecule has 3 aromatic carbocycles. The monoisotopic (exact) mass is 378 g/mol. The Morgan fingerprint density at radius 3 is 2.52 bits per heavy atom. The zero-order valence-corrected chi connectivity index (χ0v) is 15.8. The molecule has 0 saturated carbocycles. The summed E-state index contributed by atoms with van der Waals surface area (Å²) in [5, 5.41) is 13.8. The predicted octanol–water partition coefficient (Wildman–Crippen LogP) is 6.08. The van der Waals surface area contributed by atoms with Gasteiger partial charge in [0.15, 0.2) is 5.58 Å². The maximum absolute atomic E-state index is 9.89. The fraction of sp³-hybridized carbons (Fsp3) is 0.136. The number of phenols is 1. The van der Waals surface area contributed by atoms with E-state index in [1.54, 1.807) is 18.2 Å². The second-order valence-corrected chi connectivity index (χ2v) is 7.06. The molecule has 0 atom stereocenters. The van der Waals surface area contributed by atoms with Crippen molar-refractivity contribution < 1.29 is 9.52 Å². The number of nitrogens with zero attached hydrogens (tertiary/aromatic N) is 1. The van der Waals surface area contributed by atoms with E-state index in [-0.39, 0.29) is 5.75 Å². The van der Waals surface area contributed by atoms with Crippen LogP contribution in [-0.2, 0) is 6.54 Å². The summed E-state index contributed by atoms with van der Waals surface area (Å²) in [5.41, 5.74) is 6.65. The highest BCUT2D eigenvalue weighted by Gasteiger charge is 2.10. The van der Waals surface area contributed by atoms with E-state index < -0.39 is 0 Å². The molecule has 4 rings (SSSR count). The Hall–Kier alpha value is -2.98. The molecule has 2 N–H and O–H groups in total. The Balaban J connectivity index is 1.53. The van der Waals surface area contributed by atoms with Gasteiger partial charge >= 0.3 is 0 Å². The lowest BCUT2D eigenvalue weighted by atomic mass is 10.1. The predicted molar refractivity (Wildman–Crippen MR) is 109 cm³/mol. The average Bonchev–Trinajstić information content (AvgIpc) is 3.06. The number of halogens is 1. The Morgan fingerprint density at radius 2 is 1.74 bits per heavy atom. The van der Waals surface area contributed by atoms with Gasteiger partial charge in [0.25, 0.3) is 0 Å². The van der Waals surface area contributed by atoms with Gasteiger partial charge in [-0.15, -0.1) is 0 Å². The molecule has 1 aromatic heterocycles. The van der Waals surface area contributed by atoms with E-state index in [9.17, 15) is 5.11 Å². The molecule has 0 aliphatic carbocycles. The van der Waals surface area contributed by atoms with Gasteiger partial charge in [0.2, 0.25) is 5.89 Å². The molecular formula is C22H19ClN2O2. The Labute approximate surface area is 162 Å². The van der Waals surface area contributed by atoms with E-state index >= 15 is 0 Å². The minimum Gasteiger partial charge on any atom is -0.508 e. The van der Waals surface area contributed by atoms with E-state index in [2.05, 4.69) is 24.1 Å². The van der Waals surface area contributed by atoms with Crippen molar-refractivity contribution in [3.05, 3.63) is 76.3 Å². The van der Waals surface area contributed by atoms with E-state index in [0.717, 1.165) is 27.9 Å². The fourth-order valence-corrected chi connectivity index (χ4v) is 3.12. The second-order valence-electron chi connectivity index (χ2n) is 6.63. The molecule has 0 fully saturated rings. The van der Waals surface area contributed by atoms with Gasteiger partial charge in [0.05, 0.1) is 0 Å². The van der Waals surface area contributed by atoms with Crippen LogP contribution in [-0.4, -0.2) is 10.1 Å². The van der Waals surface area contributed by atoms with Crippen molar-refractivity contribution in [3.8, 4) is 17.2 Å². The summed E-state index contributed by atoms with van der Waals surface area (Å²) in [6.07, 6.45) is 0. The number of aromatic hydroxyl groups is 1. The highest BCUT2D eigenvalue weighted by atomic mass is 35.5. The van der Waals surface area contributed by atoms with Crippen molar-refractivity contribution in [1.82, 2.24) is 4.98 Å². The number of nitrogens with one attached hydrogen (secondary N) is 1. The average molecular weight is 379 g/mol. The Bertz CT molecular complexity index is 1080. The summed E-state index contributed by atoms with van der Waals surface area (Å²) in [5.74, 6) is 0.828. The van der Waals surface area contributed by atoms with Gasteiger partial charge in [-0.25, -0.2) is 4.98 Å². The van der Waals surface area contributed by atoms with Crippen LogP contribution in [0.25, 0.3) is 22.6 Å². The van der Waals surface area contributed by atoms with Crippen LogP contribution in [0, 0.1) is 13.8 Å². The number of aryl methyl sites for hydroxylation is 2. The molecule has 0 saturated heterocycles. The van der Waals surface area contributed by atoms with E-state index in [1.165, 1.54) is 11.1 Å². The van der Waals surface area contributed by atoms with Crippen molar-refractivity contribution in [1.29, 1.82) is 0 Å². The van der Waals surface area contributed by atoms with Crippen LogP contribution >= 0.6 is 11.6 Å². The number of aromatic nitrogens is 1. The van der Waals surface area contributed by atoms with Crippen LogP contribution < -0.4 is 5.32 Å². The number of phenolic OH excluding ortho intramolecular Hbond substituents is 1. The summed E-state index contributed by atoms with van der Waals surface area (Å²) in [6, 6.07) is 16.9. The van der Waals surface area contributed by atoms with Gasteiger partial charge in [0.1, 0.15) is 11.3 Å². The third-order valence-corrected chi connectivity index (χ3v) is 4.90. The van der Waals surface area contributed by atoms with Gasteiger partial charge in [-0.2, -0.15) is 0 Å². The lowest BCUT2D eigenvalue weighted by molar-refractivity contribution is 0.469. The fourth-order valence-electron chi connectivity index (χ4n) is 2.93. The molecule has 0 unspecified atom stereocenters. The van der Waals surface area contributed by atoms with Gasteiger partial charge in [0, 0.05) is 28.4 Å². The number of hydrogen-bond acceptors (Lipinski definition) is 4. The molecule has 4 nitrogen and oxygen atoms in total. The van der Waals surface area contributed by atoms with Crippen LogP contribution in [0.15, 0.2) is 59.0 Å². The Morgan fingerprint density at radius 1 is 1.00 bits per heavy atom. The quantitative estimate of drug-likeness (QED) is 0.451. The van der Waals surface area contributed by atoms with Crippen LogP contribution in [0.3, 0.4) is 0 Å². The molecule has 136 valence electrons. The minimum absolute atomic E-state index is 0.223. The first kappa shape index (κ1) is 17.4. The van der Waals surface area contributed by atoms with Crippen LogP contribution in [0.2, 0.25) is 5.02 Å². The molecule has 0 amide bonds. The smallest absolute Gasteiger partial charge is 0.227 e. The SMILES string of the molecule is Cc1cc2nc(-c3ccc(NCc4cc(Cl)ccc4O)cc3)oc2cc1C. The van der Waals surface area contributed by atoms with Gasteiger partial charge in [-0.3, -0.25) is 0 Å². The number of oxazole rings is 1. The lowest BCUT2D eigenvalue weighted by Crippen LogP contribution is -1.99. The number of anilines is 1. The van der Waals surface area contributed by atoms with Gasteiger partial charge in [-0.05, 0) is 79.6 Å². The molecule has 0 spiro atoms. The zero-order chi connectivity index (χ0) is 19.0. The summed E-state index contributed by atoms with van der Waals surface area (Å²) in [6.45, 7) is 4.61. The first-order chi connectivity index (χ1) is 13.0. The molecule has 5 heteroatoms. The van der Waals surface area contributed by atoms with E-state index in [0.29, 0.717) is 17.5 Å². The first-order valence-corrected chi connectivity index (χ1v) is 9.07. The van der Waals surface area contributed by atoms with Crippen LogP contribution in [0.4, 0.5) is 5.69 Å². The molecule has 27 heavy (non-hydrogen) atoms. The van der Waals surface area contributed by atoms with Gasteiger partial charge in [-0.1, -0.05) is 11.6 Å². The normalized spacial score (nSPS) is 11.1. The summed E-state index contributed by atoms with van der Waals surface area (Å²) >= 11 is 5.98. The van der Waals surface area contributed by atoms with Crippen LogP contribution in [0.1, 0.15) is 16.7 Å². The standard InChI is InChI=1S/C22H19ClN2O2/c1-13-9-19-21(10-14(13)2)27-22(25-19)15-3-6-18(7-4-15)24-12-16-11-17(23)5-8-20(16)26/h3-11,24,26H,12H2,1-2H3. The van der Waals surface area contributed by atoms with Crippen molar-refractivity contribution >= 4 is 28.4 Å². The number of hydrogen-bond donors (Lipinski definition) is 2. The highest BCUT2D eigenvalue weighted by molar-refractivity contribution is 6.30. The molecule has 1 heterocycles. The molecule has 0 bridgehead atoms. The van der Waals surface area contributed by atoms with Gasteiger partial charge < -0.3 is 14.8 Å². The largest absolute Gasteiger partial charge is 0.508 e. The topological polar surface area (TPSA) is 58.3 Å². The maximum atomic E-state index is 9.89. The van der Waals surface area contributed by atoms with Crippen molar-refractivity contribution in [3.63, 3.8) is 0 Å². The van der Waals surface area contributed by atoms with Crippen molar-refractivity contribution in [2.45, 2.75) is 20.4 Å². The van der Waals surface area contributed by atoms with Crippen molar-refractivity contribution in [2.24, 2.45) is 0 Å². The maximum Gasteiger partial charge on any atom is 0.227 e. The summed E-state index contributed by atoms with van der Waals surface area (Å²) in [7, 11) is 0. The third-order valence-electron chi connectivity index (χ3n) is 4.66. The van der Waals surface area contributed by atoms with Crippen molar-refractivity contribution in [2.75, 3.05) is 5.32 Å². The van der Waals surface area contributed by atoms with E-state index in [1.807, 2.05) is 36.4 Å². The van der Waals surface area contributed by atoms with Crippen LogP contribution in [0.5, 0.6) is 5.75 Å². The number of benzene rings is 3. The second kappa shape index (κ2) is 6.97. The molecule has 4 aromatic rings. The molecule has 0 aliphatic rings. The molecule has 0 aliphatic heterocycles. The number of fused-ring (bicyclic) bond motifs is 1. The molecule has 0 radical (unpaired) electrons. The minimum atomic E-state index is 0.223. The highest BCUT2D eigenvalue weighted by Crippen LogP contribution is 2.28. The summed E-state index contributed by atoms with van der Waals surface area (Å²) in [4.78, 5) is 4.59. The van der Waals surface area contributed by atoms with E-state index in [4.69, 9.17) is 16.0 Å². The summed E-state index contributed by atoms with van der Waals surface area (Å²) < 4.78 is 5.91. The molecular weight excluding hydrogens is 360 g/mol. The lowest BCUT2D eigenvalue weighted by Gasteiger charge is -2.09. The first-order valence-electron chi connectivity index (χ1n) is 8.69. The Kier molecular flexibility index (Phi) is 4.50. The number of rotatable bonds is 4. The third kappa shape index (κ3) is 3.62. The zero-order valence-electron chi connectivity index (χ0n) is 15.1.